The molecule has 0 aliphatic carbocycles. The number of aliphatic hydroxyl groups is 1. The fourth-order valence-electron chi connectivity index (χ4n) is 1.47. The first-order chi connectivity index (χ1) is 8.06. The van der Waals surface area contributed by atoms with Gasteiger partial charge in [0.25, 0.3) is 0 Å². The van der Waals surface area contributed by atoms with Crippen LogP contribution in [-0.2, 0) is 0 Å². The molecule has 17 heavy (non-hydrogen) atoms. The second kappa shape index (κ2) is 6.61. The SMILES string of the molecule is CCC(O)CCNc1cccc(Br)c1C(=O)O. The van der Waals surface area contributed by atoms with Crippen LogP contribution in [0.1, 0.15) is 30.1 Å². The maximum atomic E-state index is 11.1. The van der Waals surface area contributed by atoms with Gasteiger partial charge in [-0.15, -0.1) is 0 Å². The van der Waals surface area contributed by atoms with Gasteiger partial charge in [0.15, 0.2) is 0 Å². The van der Waals surface area contributed by atoms with Crippen molar-refractivity contribution in [1.29, 1.82) is 0 Å². The molecule has 0 fully saturated rings. The molecule has 0 aliphatic rings. The highest BCUT2D eigenvalue weighted by molar-refractivity contribution is 9.10. The van der Waals surface area contributed by atoms with Gasteiger partial charge in [-0.3, -0.25) is 0 Å². The summed E-state index contributed by atoms with van der Waals surface area (Å²) >= 11 is 3.21. The normalized spacial score (nSPS) is 12.2. The number of rotatable bonds is 6. The second-order valence-corrected chi connectivity index (χ2v) is 4.60. The van der Waals surface area contributed by atoms with Crippen molar-refractivity contribution in [3.8, 4) is 0 Å². The zero-order chi connectivity index (χ0) is 12.8. The monoisotopic (exact) mass is 301 g/mol. The van der Waals surface area contributed by atoms with Gasteiger partial charge in [-0.25, -0.2) is 4.79 Å². The van der Waals surface area contributed by atoms with Gasteiger partial charge in [0.05, 0.1) is 11.7 Å². The van der Waals surface area contributed by atoms with Crippen molar-refractivity contribution in [2.24, 2.45) is 0 Å². The Morgan fingerprint density at radius 3 is 2.82 bits per heavy atom. The molecular weight excluding hydrogens is 286 g/mol. The Morgan fingerprint density at radius 2 is 2.24 bits per heavy atom. The Morgan fingerprint density at radius 1 is 1.53 bits per heavy atom. The molecule has 94 valence electrons. The second-order valence-electron chi connectivity index (χ2n) is 3.75. The van der Waals surface area contributed by atoms with E-state index in [9.17, 15) is 9.90 Å². The molecule has 0 spiro atoms. The first-order valence-electron chi connectivity index (χ1n) is 5.50. The van der Waals surface area contributed by atoms with E-state index in [-0.39, 0.29) is 11.7 Å². The van der Waals surface area contributed by atoms with E-state index in [1.165, 1.54) is 0 Å². The van der Waals surface area contributed by atoms with Crippen LogP contribution in [0.5, 0.6) is 0 Å². The van der Waals surface area contributed by atoms with Crippen molar-refractivity contribution < 1.29 is 15.0 Å². The number of halogens is 1. The van der Waals surface area contributed by atoms with E-state index in [4.69, 9.17) is 5.11 Å². The van der Waals surface area contributed by atoms with Crippen LogP contribution < -0.4 is 5.32 Å². The lowest BCUT2D eigenvalue weighted by molar-refractivity contribution is 0.0697. The van der Waals surface area contributed by atoms with Crippen molar-refractivity contribution in [2.75, 3.05) is 11.9 Å². The highest BCUT2D eigenvalue weighted by atomic mass is 79.9. The Balaban J connectivity index is 2.71. The Kier molecular flexibility index (Phi) is 5.44. The number of nitrogens with one attached hydrogen (secondary N) is 1. The number of benzene rings is 1. The molecule has 3 N–H and O–H groups in total. The molecule has 1 aromatic carbocycles. The summed E-state index contributed by atoms with van der Waals surface area (Å²) in [6.45, 7) is 2.46. The summed E-state index contributed by atoms with van der Waals surface area (Å²) < 4.78 is 0.547. The van der Waals surface area contributed by atoms with E-state index in [0.717, 1.165) is 0 Å². The highest BCUT2D eigenvalue weighted by Crippen LogP contribution is 2.24. The van der Waals surface area contributed by atoms with Gasteiger partial charge in [0.2, 0.25) is 0 Å². The van der Waals surface area contributed by atoms with Crippen molar-refractivity contribution >= 4 is 27.6 Å². The number of aliphatic hydroxyl groups excluding tert-OH is 1. The minimum absolute atomic E-state index is 0.221. The maximum Gasteiger partial charge on any atom is 0.338 e. The average Bonchev–Trinajstić information content (AvgIpc) is 2.28. The molecule has 1 rings (SSSR count). The molecule has 0 saturated heterocycles. The Hall–Kier alpha value is -1.07. The Labute approximate surface area is 109 Å². The van der Waals surface area contributed by atoms with E-state index in [0.29, 0.717) is 29.5 Å². The fourth-order valence-corrected chi connectivity index (χ4v) is 2.00. The zero-order valence-electron chi connectivity index (χ0n) is 9.61. The average molecular weight is 302 g/mol. The highest BCUT2D eigenvalue weighted by Gasteiger charge is 2.13. The van der Waals surface area contributed by atoms with Crippen LogP contribution in [0.4, 0.5) is 5.69 Å². The molecule has 0 aromatic heterocycles. The molecule has 0 heterocycles. The van der Waals surface area contributed by atoms with Gasteiger partial charge >= 0.3 is 5.97 Å². The van der Waals surface area contributed by atoms with Gasteiger partial charge < -0.3 is 15.5 Å². The van der Waals surface area contributed by atoms with E-state index < -0.39 is 5.97 Å². The number of carbonyl (C=O) groups is 1. The van der Waals surface area contributed by atoms with Crippen molar-refractivity contribution in [1.82, 2.24) is 0 Å². The molecule has 0 aliphatic heterocycles. The van der Waals surface area contributed by atoms with E-state index in [1.54, 1.807) is 18.2 Å². The molecule has 1 atom stereocenters. The van der Waals surface area contributed by atoms with Crippen LogP contribution in [0.15, 0.2) is 22.7 Å². The number of carboxylic acid groups (broad SMARTS) is 1. The lowest BCUT2D eigenvalue weighted by atomic mass is 10.1. The topological polar surface area (TPSA) is 69.6 Å². The molecule has 0 amide bonds. The summed E-state index contributed by atoms with van der Waals surface area (Å²) in [5.41, 5.74) is 0.786. The van der Waals surface area contributed by atoms with Crippen LogP contribution in [-0.4, -0.2) is 28.8 Å². The third-order valence-corrected chi connectivity index (χ3v) is 3.15. The number of hydrogen-bond acceptors (Lipinski definition) is 3. The van der Waals surface area contributed by atoms with Crippen LogP contribution >= 0.6 is 15.9 Å². The lowest BCUT2D eigenvalue weighted by Crippen LogP contribution is -2.14. The summed E-state index contributed by atoms with van der Waals surface area (Å²) in [7, 11) is 0. The first kappa shape index (κ1) is 14.0. The van der Waals surface area contributed by atoms with Gasteiger partial charge in [0.1, 0.15) is 0 Å². The summed E-state index contributed by atoms with van der Waals surface area (Å²) in [5, 5.41) is 21.5. The van der Waals surface area contributed by atoms with Crippen LogP contribution in [0.25, 0.3) is 0 Å². The van der Waals surface area contributed by atoms with Gasteiger partial charge in [-0.05, 0) is 40.9 Å². The van der Waals surface area contributed by atoms with Crippen molar-refractivity contribution in [2.45, 2.75) is 25.9 Å². The van der Waals surface area contributed by atoms with Crippen LogP contribution in [0.2, 0.25) is 0 Å². The van der Waals surface area contributed by atoms with Gasteiger partial charge in [-0.2, -0.15) is 0 Å². The molecule has 0 bridgehead atoms. The summed E-state index contributed by atoms with van der Waals surface area (Å²) in [4.78, 5) is 11.1. The van der Waals surface area contributed by atoms with Crippen molar-refractivity contribution in [3.05, 3.63) is 28.2 Å². The summed E-state index contributed by atoms with van der Waals surface area (Å²) in [6, 6.07) is 5.18. The molecule has 5 heteroatoms. The molecular formula is C12H16BrNO3. The standard InChI is InChI=1S/C12H16BrNO3/c1-2-8(15)6-7-14-10-5-3-4-9(13)11(10)12(16)17/h3-5,8,14-15H,2,6-7H2,1H3,(H,16,17). The number of anilines is 1. The molecule has 1 unspecified atom stereocenters. The summed E-state index contributed by atoms with van der Waals surface area (Å²) in [5.74, 6) is -0.976. The number of carboxylic acids is 1. The number of hydrogen-bond donors (Lipinski definition) is 3. The fraction of sp³-hybridized carbons (Fsp3) is 0.417. The molecule has 0 radical (unpaired) electrons. The smallest absolute Gasteiger partial charge is 0.338 e. The first-order valence-corrected chi connectivity index (χ1v) is 6.29. The minimum atomic E-state index is -0.976. The zero-order valence-corrected chi connectivity index (χ0v) is 11.2. The third kappa shape index (κ3) is 4.02. The van der Waals surface area contributed by atoms with E-state index >= 15 is 0 Å². The largest absolute Gasteiger partial charge is 0.478 e. The molecule has 1 aromatic rings. The van der Waals surface area contributed by atoms with Gasteiger partial charge in [0, 0.05) is 16.7 Å². The predicted molar refractivity (Wildman–Crippen MR) is 70.5 cm³/mol. The lowest BCUT2D eigenvalue weighted by Gasteiger charge is -2.12. The number of aromatic carboxylic acids is 1. The predicted octanol–water partition coefficient (Wildman–Crippen LogP) is 2.72. The molecule has 4 nitrogen and oxygen atoms in total. The quantitative estimate of drug-likeness (QED) is 0.755. The Bertz CT molecular complexity index is 395. The van der Waals surface area contributed by atoms with E-state index in [2.05, 4.69) is 21.2 Å². The van der Waals surface area contributed by atoms with Crippen LogP contribution in [0.3, 0.4) is 0 Å². The van der Waals surface area contributed by atoms with Gasteiger partial charge in [-0.1, -0.05) is 13.0 Å². The molecule has 0 saturated carbocycles. The van der Waals surface area contributed by atoms with Crippen molar-refractivity contribution in [3.63, 3.8) is 0 Å². The maximum absolute atomic E-state index is 11.1. The van der Waals surface area contributed by atoms with E-state index in [1.807, 2.05) is 6.92 Å². The summed E-state index contributed by atoms with van der Waals surface area (Å²) in [6.07, 6.45) is 0.955. The van der Waals surface area contributed by atoms with Crippen LogP contribution in [0, 0.1) is 0 Å². The third-order valence-electron chi connectivity index (χ3n) is 2.49. The minimum Gasteiger partial charge on any atom is -0.478 e.